The van der Waals surface area contributed by atoms with Crippen LogP contribution in [0.4, 0.5) is 28.8 Å². The van der Waals surface area contributed by atoms with Crippen molar-refractivity contribution in [3.63, 3.8) is 0 Å². The zero-order valence-corrected chi connectivity index (χ0v) is 20.1. The molecule has 4 aromatic rings. The van der Waals surface area contributed by atoms with Gasteiger partial charge in [0.15, 0.2) is 0 Å². The standard InChI is InChI=1S/C27H23N7O3/c1-16-11-12-28-22(13-16)33-24-14-23(29-15-30-24)31-18-7-9-19(10-8-18)32-25(35)17(2)34-26(36)20-5-3-4-6-21(20)27(34)37/h3-15,17H,1-2H3,(H,32,35)(H2,28,29,30,31,33). The molecule has 2 aromatic heterocycles. The third kappa shape index (κ3) is 4.98. The van der Waals surface area contributed by atoms with Crippen molar-refractivity contribution in [1.82, 2.24) is 19.9 Å². The number of aromatic nitrogens is 3. The first-order chi connectivity index (χ1) is 17.9. The highest BCUT2D eigenvalue weighted by atomic mass is 16.2. The van der Waals surface area contributed by atoms with Crippen molar-refractivity contribution < 1.29 is 14.4 Å². The van der Waals surface area contributed by atoms with Crippen LogP contribution in [0.15, 0.2) is 79.3 Å². The molecule has 0 radical (unpaired) electrons. The van der Waals surface area contributed by atoms with E-state index in [1.165, 1.54) is 13.3 Å². The maximum absolute atomic E-state index is 12.8. The molecular formula is C27H23N7O3. The maximum Gasteiger partial charge on any atom is 0.262 e. The molecule has 0 spiro atoms. The van der Waals surface area contributed by atoms with Crippen molar-refractivity contribution in [3.05, 3.63) is 95.9 Å². The predicted molar refractivity (Wildman–Crippen MR) is 139 cm³/mol. The van der Waals surface area contributed by atoms with E-state index >= 15 is 0 Å². The van der Waals surface area contributed by atoms with E-state index in [0.717, 1.165) is 16.2 Å². The Hall–Kier alpha value is -5.12. The average Bonchev–Trinajstić information content (AvgIpc) is 3.15. The zero-order valence-electron chi connectivity index (χ0n) is 20.1. The largest absolute Gasteiger partial charge is 0.340 e. The summed E-state index contributed by atoms with van der Waals surface area (Å²) in [6.07, 6.45) is 3.16. The molecule has 1 aliphatic heterocycles. The number of fused-ring (bicyclic) bond motifs is 1. The maximum atomic E-state index is 12.8. The van der Waals surface area contributed by atoms with Gasteiger partial charge in [0.25, 0.3) is 11.8 Å². The lowest BCUT2D eigenvalue weighted by Gasteiger charge is -2.21. The lowest BCUT2D eigenvalue weighted by atomic mass is 10.1. The molecule has 1 unspecified atom stereocenters. The van der Waals surface area contributed by atoms with Crippen molar-refractivity contribution in [2.75, 3.05) is 16.0 Å². The first kappa shape index (κ1) is 23.6. The Labute approximate surface area is 212 Å². The molecular weight excluding hydrogens is 470 g/mol. The molecule has 5 rings (SSSR count). The van der Waals surface area contributed by atoms with E-state index in [-0.39, 0.29) is 0 Å². The molecule has 0 saturated carbocycles. The molecule has 1 aliphatic rings. The van der Waals surface area contributed by atoms with Crippen molar-refractivity contribution >= 4 is 46.5 Å². The number of nitrogens with zero attached hydrogens (tertiary/aromatic N) is 4. The SMILES string of the molecule is Cc1ccnc(Nc2cc(Nc3ccc(NC(=O)C(C)N4C(=O)c5ccccc5C4=O)cc3)ncn2)c1. The molecule has 1 atom stereocenters. The van der Waals surface area contributed by atoms with Gasteiger partial charge in [-0.2, -0.15) is 0 Å². The molecule has 0 bridgehead atoms. The number of pyridine rings is 1. The first-order valence-corrected chi connectivity index (χ1v) is 11.6. The van der Waals surface area contributed by atoms with Crippen LogP contribution in [0.2, 0.25) is 0 Å². The van der Waals surface area contributed by atoms with Crippen LogP contribution < -0.4 is 16.0 Å². The van der Waals surface area contributed by atoms with Gasteiger partial charge in [-0.25, -0.2) is 15.0 Å². The van der Waals surface area contributed by atoms with E-state index in [0.29, 0.717) is 34.3 Å². The monoisotopic (exact) mass is 493 g/mol. The number of imide groups is 1. The van der Waals surface area contributed by atoms with E-state index < -0.39 is 23.8 Å². The molecule has 0 saturated heterocycles. The fourth-order valence-electron chi connectivity index (χ4n) is 3.94. The van der Waals surface area contributed by atoms with Gasteiger partial charge in [0.1, 0.15) is 29.8 Å². The second-order valence-corrected chi connectivity index (χ2v) is 8.53. The van der Waals surface area contributed by atoms with Crippen LogP contribution in [0, 0.1) is 6.92 Å². The number of rotatable bonds is 7. The number of carbonyl (C=O) groups is 3. The number of benzene rings is 2. The summed E-state index contributed by atoms with van der Waals surface area (Å²) < 4.78 is 0. The Morgan fingerprint density at radius 3 is 2.03 bits per heavy atom. The summed E-state index contributed by atoms with van der Waals surface area (Å²) in [5, 5.41) is 9.10. The number of hydrogen-bond donors (Lipinski definition) is 3. The molecule has 0 aliphatic carbocycles. The number of hydrogen-bond acceptors (Lipinski definition) is 8. The minimum Gasteiger partial charge on any atom is -0.340 e. The Balaban J connectivity index is 1.21. The number of amides is 3. The molecule has 3 heterocycles. The summed E-state index contributed by atoms with van der Waals surface area (Å²) >= 11 is 0. The van der Waals surface area contributed by atoms with E-state index in [2.05, 4.69) is 30.9 Å². The molecule has 10 heteroatoms. The number of carbonyl (C=O) groups excluding carboxylic acids is 3. The fourth-order valence-corrected chi connectivity index (χ4v) is 3.94. The molecule has 37 heavy (non-hydrogen) atoms. The van der Waals surface area contributed by atoms with Crippen LogP contribution in [-0.4, -0.2) is 43.6 Å². The molecule has 0 fully saturated rings. The summed E-state index contributed by atoms with van der Waals surface area (Å²) in [6, 6.07) is 18.1. The third-order valence-corrected chi connectivity index (χ3v) is 5.86. The average molecular weight is 494 g/mol. The van der Waals surface area contributed by atoms with Crippen molar-refractivity contribution in [2.24, 2.45) is 0 Å². The number of anilines is 5. The Morgan fingerprint density at radius 2 is 1.38 bits per heavy atom. The van der Waals surface area contributed by atoms with E-state index in [9.17, 15) is 14.4 Å². The van der Waals surface area contributed by atoms with Crippen molar-refractivity contribution in [1.29, 1.82) is 0 Å². The van der Waals surface area contributed by atoms with E-state index in [1.807, 2.05) is 19.1 Å². The lowest BCUT2D eigenvalue weighted by Crippen LogP contribution is -2.45. The fraction of sp³-hybridized carbons (Fsp3) is 0.111. The highest BCUT2D eigenvalue weighted by Gasteiger charge is 2.40. The van der Waals surface area contributed by atoms with Crippen LogP contribution >= 0.6 is 0 Å². The second-order valence-electron chi connectivity index (χ2n) is 8.53. The Kier molecular flexibility index (Phi) is 6.29. The Bertz CT molecular complexity index is 1470. The minimum atomic E-state index is -0.972. The molecule has 184 valence electrons. The number of nitrogens with one attached hydrogen (secondary N) is 3. The highest BCUT2D eigenvalue weighted by molar-refractivity contribution is 6.23. The van der Waals surface area contributed by atoms with Gasteiger partial charge in [0.05, 0.1) is 11.1 Å². The van der Waals surface area contributed by atoms with E-state index in [1.54, 1.807) is 60.8 Å². The smallest absolute Gasteiger partial charge is 0.262 e. The van der Waals surface area contributed by atoms with Gasteiger partial charge >= 0.3 is 0 Å². The topological polar surface area (TPSA) is 129 Å². The second kappa shape index (κ2) is 9.86. The van der Waals surface area contributed by atoms with Crippen LogP contribution in [0.3, 0.4) is 0 Å². The summed E-state index contributed by atoms with van der Waals surface area (Å²) in [5.41, 5.74) is 2.95. The van der Waals surface area contributed by atoms with Gasteiger partial charge in [-0.05, 0) is 67.9 Å². The van der Waals surface area contributed by atoms with Gasteiger partial charge in [-0.15, -0.1) is 0 Å². The quantitative estimate of drug-likeness (QED) is 0.325. The molecule has 2 aromatic carbocycles. The van der Waals surface area contributed by atoms with Crippen LogP contribution in [0.1, 0.15) is 33.2 Å². The highest BCUT2D eigenvalue weighted by Crippen LogP contribution is 2.25. The lowest BCUT2D eigenvalue weighted by molar-refractivity contribution is -0.119. The minimum absolute atomic E-state index is 0.306. The summed E-state index contributed by atoms with van der Waals surface area (Å²) in [7, 11) is 0. The van der Waals surface area contributed by atoms with Crippen LogP contribution in [-0.2, 0) is 4.79 Å². The third-order valence-electron chi connectivity index (χ3n) is 5.86. The molecule has 3 amide bonds. The van der Waals surface area contributed by atoms with Crippen molar-refractivity contribution in [3.8, 4) is 0 Å². The summed E-state index contributed by atoms with van der Waals surface area (Å²) in [6.45, 7) is 3.51. The molecule has 10 nitrogen and oxygen atoms in total. The summed E-state index contributed by atoms with van der Waals surface area (Å²) in [5.74, 6) is 0.425. The van der Waals surface area contributed by atoms with Gasteiger partial charge < -0.3 is 16.0 Å². The van der Waals surface area contributed by atoms with Crippen LogP contribution in [0.5, 0.6) is 0 Å². The predicted octanol–water partition coefficient (Wildman–Crippen LogP) is 4.29. The molecule has 3 N–H and O–H groups in total. The zero-order chi connectivity index (χ0) is 25.9. The van der Waals surface area contributed by atoms with Crippen LogP contribution in [0.25, 0.3) is 0 Å². The van der Waals surface area contributed by atoms with Gasteiger partial charge in [-0.3, -0.25) is 19.3 Å². The van der Waals surface area contributed by atoms with E-state index in [4.69, 9.17) is 0 Å². The summed E-state index contributed by atoms with van der Waals surface area (Å²) in [4.78, 5) is 51.9. The van der Waals surface area contributed by atoms with Crippen molar-refractivity contribution in [2.45, 2.75) is 19.9 Å². The normalized spacial score (nSPS) is 13.2. The first-order valence-electron chi connectivity index (χ1n) is 11.6. The van der Waals surface area contributed by atoms with Gasteiger partial charge in [0, 0.05) is 23.6 Å². The van der Waals surface area contributed by atoms with Gasteiger partial charge in [-0.1, -0.05) is 12.1 Å². The number of aryl methyl sites for hydroxylation is 1. The Morgan fingerprint density at radius 1 is 0.784 bits per heavy atom. The van der Waals surface area contributed by atoms with Gasteiger partial charge in [0.2, 0.25) is 5.91 Å².